The summed E-state index contributed by atoms with van der Waals surface area (Å²) in [6.45, 7) is 5.84. The molecule has 0 saturated heterocycles. The fourth-order valence-electron chi connectivity index (χ4n) is 2.49. The van der Waals surface area contributed by atoms with Crippen LogP contribution in [0.4, 0.5) is 0 Å². The maximum Gasteiger partial charge on any atom is 0.167 e. The smallest absolute Gasteiger partial charge is 0.167 e. The molecule has 2 unspecified atom stereocenters. The van der Waals surface area contributed by atoms with Crippen molar-refractivity contribution >= 4 is 5.78 Å². The molecule has 0 fully saturated rings. The van der Waals surface area contributed by atoms with Crippen LogP contribution in [0.15, 0.2) is 6.07 Å². The van der Waals surface area contributed by atoms with Crippen LogP contribution in [0.25, 0.3) is 0 Å². The molecule has 0 heterocycles. The van der Waals surface area contributed by atoms with E-state index in [1.807, 2.05) is 13.8 Å². The number of rotatable bonds is 0. The average Bonchev–Trinajstić information content (AvgIpc) is 2.20. The molecule has 0 saturated carbocycles. The van der Waals surface area contributed by atoms with E-state index in [4.69, 9.17) is 0 Å². The van der Waals surface area contributed by atoms with Crippen molar-refractivity contribution in [3.8, 4) is 11.5 Å². The highest BCUT2D eigenvalue weighted by atomic mass is 16.3. The quantitative estimate of drug-likeness (QED) is 0.706. The molecule has 0 aliphatic heterocycles. The number of hydrogen-bond acceptors (Lipinski definition) is 3. The standard InChI is InChI=1S/C13H16O3/c1-6-4-10(15)13-11(16)5-9(14)8(3)12(13)7(6)2/h5-7,14,16H,4H2,1-3H3. The zero-order valence-corrected chi connectivity index (χ0v) is 9.74. The molecule has 2 N–H and O–H groups in total. The lowest BCUT2D eigenvalue weighted by molar-refractivity contribution is 0.0941. The molecule has 86 valence electrons. The summed E-state index contributed by atoms with van der Waals surface area (Å²) in [5.74, 6) is 0.374. The van der Waals surface area contributed by atoms with E-state index < -0.39 is 0 Å². The highest BCUT2D eigenvalue weighted by Gasteiger charge is 2.33. The minimum absolute atomic E-state index is 0.0267. The lowest BCUT2D eigenvalue weighted by atomic mass is 9.74. The van der Waals surface area contributed by atoms with E-state index in [1.165, 1.54) is 6.07 Å². The van der Waals surface area contributed by atoms with Crippen molar-refractivity contribution in [2.45, 2.75) is 33.1 Å². The third-order valence-corrected chi connectivity index (χ3v) is 3.68. The van der Waals surface area contributed by atoms with Crippen LogP contribution in [0, 0.1) is 12.8 Å². The number of Topliss-reactive ketones (excluding diaryl/α,β-unsaturated/α-hetero) is 1. The van der Waals surface area contributed by atoms with Crippen LogP contribution in [0.1, 0.15) is 47.7 Å². The SMILES string of the molecule is Cc1c(O)cc(O)c2c1C(C)C(C)CC2=O. The van der Waals surface area contributed by atoms with E-state index in [0.717, 1.165) is 5.56 Å². The summed E-state index contributed by atoms with van der Waals surface area (Å²) in [6, 6.07) is 1.26. The molecule has 1 aliphatic carbocycles. The molecule has 0 aromatic heterocycles. The van der Waals surface area contributed by atoms with Crippen LogP contribution < -0.4 is 0 Å². The Labute approximate surface area is 94.7 Å². The Kier molecular flexibility index (Phi) is 2.41. The third kappa shape index (κ3) is 1.39. The molecule has 0 bridgehead atoms. The number of phenolic OH excluding ortho intramolecular Hbond substituents is 2. The molecule has 2 atom stereocenters. The van der Waals surface area contributed by atoms with Crippen LogP contribution in [0.3, 0.4) is 0 Å². The number of fused-ring (bicyclic) bond motifs is 1. The summed E-state index contributed by atoms with van der Waals surface area (Å²) in [5.41, 5.74) is 1.92. The van der Waals surface area contributed by atoms with Crippen molar-refractivity contribution in [3.05, 3.63) is 22.8 Å². The van der Waals surface area contributed by atoms with E-state index in [1.54, 1.807) is 6.92 Å². The van der Waals surface area contributed by atoms with Crippen molar-refractivity contribution in [3.63, 3.8) is 0 Å². The predicted octanol–water partition coefficient (Wildman–Crippen LogP) is 2.73. The van der Waals surface area contributed by atoms with Gasteiger partial charge in [-0.1, -0.05) is 13.8 Å². The van der Waals surface area contributed by atoms with Gasteiger partial charge in [0.15, 0.2) is 5.78 Å². The lowest BCUT2D eigenvalue weighted by Gasteiger charge is -2.29. The first-order valence-corrected chi connectivity index (χ1v) is 5.52. The summed E-state index contributed by atoms with van der Waals surface area (Å²) < 4.78 is 0. The van der Waals surface area contributed by atoms with E-state index in [9.17, 15) is 15.0 Å². The second-order valence-electron chi connectivity index (χ2n) is 4.72. The molecular formula is C13H16O3. The number of hydrogen-bond donors (Lipinski definition) is 2. The second kappa shape index (κ2) is 3.51. The van der Waals surface area contributed by atoms with Crippen molar-refractivity contribution in [1.29, 1.82) is 0 Å². The molecule has 3 heteroatoms. The summed E-state index contributed by atoms with van der Waals surface area (Å²) in [6.07, 6.45) is 0.464. The summed E-state index contributed by atoms with van der Waals surface area (Å²) in [4.78, 5) is 11.9. The Morgan fingerprint density at radius 2 is 1.88 bits per heavy atom. The fourth-order valence-corrected chi connectivity index (χ4v) is 2.49. The van der Waals surface area contributed by atoms with Crippen molar-refractivity contribution in [2.24, 2.45) is 5.92 Å². The van der Waals surface area contributed by atoms with Gasteiger partial charge in [0.2, 0.25) is 0 Å². The van der Waals surface area contributed by atoms with Gasteiger partial charge in [-0.2, -0.15) is 0 Å². The van der Waals surface area contributed by atoms with E-state index in [-0.39, 0.29) is 29.1 Å². The Morgan fingerprint density at radius 1 is 1.25 bits per heavy atom. The van der Waals surface area contributed by atoms with E-state index in [0.29, 0.717) is 17.5 Å². The molecule has 2 rings (SSSR count). The monoisotopic (exact) mass is 220 g/mol. The molecule has 0 radical (unpaired) electrons. The minimum Gasteiger partial charge on any atom is -0.508 e. The number of carbonyl (C=O) groups is 1. The first kappa shape index (κ1) is 11.0. The van der Waals surface area contributed by atoms with Crippen molar-refractivity contribution in [2.75, 3.05) is 0 Å². The molecule has 1 aliphatic rings. The first-order valence-electron chi connectivity index (χ1n) is 5.52. The molecule has 0 amide bonds. The van der Waals surface area contributed by atoms with Crippen molar-refractivity contribution in [1.82, 2.24) is 0 Å². The van der Waals surface area contributed by atoms with Gasteiger partial charge in [0.05, 0.1) is 5.56 Å². The molecule has 3 nitrogen and oxygen atoms in total. The normalized spacial score (nSPS) is 24.3. The average molecular weight is 220 g/mol. The van der Waals surface area contributed by atoms with Gasteiger partial charge in [-0.15, -0.1) is 0 Å². The van der Waals surface area contributed by atoms with Crippen LogP contribution in [-0.2, 0) is 0 Å². The van der Waals surface area contributed by atoms with Gasteiger partial charge >= 0.3 is 0 Å². The highest BCUT2D eigenvalue weighted by molar-refractivity contribution is 6.02. The zero-order valence-electron chi connectivity index (χ0n) is 9.74. The summed E-state index contributed by atoms with van der Waals surface area (Å²) in [5, 5.41) is 19.4. The Balaban J connectivity index is 2.76. The van der Waals surface area contributed by atoms with Gasteiger partial charge < -0.3 is 10.2 Å². The number of benzene rings is 1. The van der Waals surface area contributed by atoms with Gasteiger partial charge in [0, 0.05) is 12.5 Å². The van der Waals surface area contributed by atoms with Crippen molar-refractivity contribution < 1.29 is 15.0 Å². The Bertz CT molecular complexity index is 463. The van der Waals surface area contributed by atoms with Gasteiger partial charge in [0.25, 0.3) is 0 Å². The van der Waals surface area contributed by atoms with Crippen LogP contribution in [-0.4, -0.2) is 16.0 Å². The lowest BCUT2D eigenvalue weighted by Crippen LogP contribution is -2.22. The maximum absolute atomic E-state index is 11.9. The third-order valence-electron chi connectivity index (χ3n) is 3.68. The Morgan fingerprint density at radius 3 is 2.50 bits per heavy atom. The zero-order chi connectivity index (χ0) is 12.0. The van der Waals surface area contributed by atoms with Crippen LogP contribution in [0.2, 0.25) is 0 Å². The largest absolute Gasteiger partial charge is 0.508 e. The number of ketones is 1. The van der Waals surface area contributed by atoms with Crippen LogP contribution in [0.5, 0.6) is 11.5 Å². The fraction of sp³-hybridized carbons (Fsp3) is 0.462. The predicted molar refractivity (Wildman–Crippen MR) is 61.0 cm³/mol. The van der Waals surface area contributed by atoms with Gasteiger partial charge in [-0.25, -0.2) is 0 Å². The number of carbonyl (C=O) groups excluding carboxylic acids is 1. The topological polar surface area (TPSA) is 57.5 Å². The van der Waals surface area contributed by atoms with Crippen LogP contribution >= 0.6 is 0 Å². The highest BCUT2D eigenvalue weighted by Crippen LogP contribution is 2.43. The second-order valence-corrected chi connectivity index (χ2v) is 4.72. The summed E-state index contributed by atoms with van der Waals surface area (Å²) >= 11 is 0. The maximum atomic E-state index is 11.9. The van der Waals surface area contributed by atoms with E-state index in [2.05, 4.69) is 0 Å². The molecule has 16 heavy (non-hydrogen) atoms. The molecule has 1 aromatic carbocycles. The van der Waals surface area contributed by atoms with Gasteiger partial charge in [-0.3, -0.25) is 4.79 Å². The van der Waals surface area contributed by atoms with Gasteiger partial charge in [0.1, 0.15) is 11.5 Å². The molecule has 0 spiro atoms. The summed E-state index contributed by atoms with van der Waals surface area (Å²) in [7, 11) is 0. The minimum atomic E-state index is -0.0955. The Hall–Kier alpha value is -1.51. The number of aromatic hydroxyl groups is 2. The molecular weight excluding hydrogens is 204 g/mol. The molecule has 1 aromatic rings. The first-order chi connectivity index (χ1) is 7.43. The van der Waals surface area contributed by atoms with E-state index >= 15 is 0 Å². The van der Waals surface area contributed by atoms with Gasteiger partial charge in [-0.05, 0) is 29.9 Å². The number of phenols is 2.